The van der Waals surface area contributed by atoms with Crippen molar-refractivity contribution in [3.05, 3.63) is 29.8 Å². The Morgan fingerprint density at radius 3 is 1.91 bits per heavy atom. The van der Waals surface area contributed by atoms with Crippen LogP contribution in [0.5, 0.6) is 0 Å². The van der Waals surface area contributed by atoms with Gasteiger partial charge >= 0.3 is 0 Å². The molecule has 1 aromatic carbocycles. The molecule has 5 nitrogen and oxygen atoms in total. The smallest absolute Gasteiger partial charge is 0.253 e. The Kier molecular flexibility index (Phi) is 6.36. The van der Waals surface area contributed by atoms with E-state index in [0.29, 0.717) is 25.2 Å². The van der Waals surface area contributed by atoms with E-state index in [-0.39, 0.29) is 16.2 Å². The molecule has 1 rings (SSSR count). The summed E-state index contributed by atoms with van der Waals surface area (Å²) in [5.74, 6) is -0.105. The Hall–Kier alpha value is -1.40. The number of sulfonamides is 1. The number of rotatable bonds is 6. The number of amides is 1. The maximum Gasteiger partial charge on any atom is 0.253 e. The standard InChI is InChI=1S/C17H28N2O3S/c1-7-19(8-2)23(21,22)15-11-9-14(10-12-15)16(20)18(6)13-17(3,4)5/h9-12H,7-8,13H2,1-6H3. The van der Waals surface area contributed by atoms with Gasteiger partial charge in [-0.15, -0.1) is 0 Å². The molecule has 23 heavy (non-hydrogen) atoms. The van der Waals surface area contributed by atoms with E-state index in [4.69, 9.17) is 0 Å². The molecule has 0 aliphatic carbocycles. The quantitative estimate of drug-likeness (QED) is 0.800. The summed E-state index contributed by atoms with van der Waals surface area (Å²) in [7, 11) is -1.73. The van der Waals surface area contributed by atoms with Crippen LogP contribution in [0.2, 0.25) is 0 Å². The van der Waals surface area contributed by atoms with Crippen molar-refractivity contribution in [3.63, 3.8) is 0 Å². The SMILES string of the molecule is CCN(CC)S(=O)(=O)c1ccc(C(=O)N(C)CC(C)(C)C)cc1. The van der Waals surface area contributed by atoms with E-state index in [1.54, 1.807) is 37.9 Å². The van der Waals surface area contributed by atoms with Gasteiger partial charge in [-0.1, -0.05) is 34.6 Å². The molecule has 0 atom stereocenters. The summed E-state index contributed by atoms with van der Waals surface area (Å²) in [5.41, 5.74) is 0.506. The van der Waals surface area contributed by atoms with Crippen LogP contribution in [-0.2, 0) is 10.0 Å². The van der Waals surface area contributed by atoms with Gasteiger partial charge in [0.25, 0.3) is 5.91 Å². The maximum absolute atomic E-state index is 12.4. The molecule has 6 heteroatoms. The van der Waals surface area contributed by atoms with Gasteiger partial charge in [-0.25, -0.2) is 8.42 Å². The van der Waals surface area contributed by atoms with E-state index >= 15 is 0 Å². The van der Waals surface area contributed by atoms with Crippen LogP contribution in [0.4, 0.5) is 0 Å². The second-order valence-corrected chi connectivity index (χ2v) is 8.77. The van der Waals surface area contributed by atoms with Crippen molar-refractivity contribution in [2.24, 2.45) is 5.41 Å². The lowest BCUT2D eigenvalue weighted by Crippen LogP contribution is -2.34. The lowest BCUT2D eigenvalue weighted by Gasteiger charge is -2.26. The fourth-order valence-electron chi connectivity index (χ4n) is 2.49. The molecule has 0 aliphatic heterocycles. The topological polar surface area (TPSA) is 57.7 Å². The summed E-state index contributed by atoms with van der Waals surface area (Å²) in [4.78, 5) is 14.3. The Morgan fingerprint density at radius 1 is 1.04 bits per heavy atom. The lowest BCUT2D eigenvalue weighted by atomic mass is 9.96. The van der Waals surface area contributed by atoms with Crippen LogP contribution in [0.15, 0.2) is 29.2 Å². The first kappa shape index (κ1) is 19.6. The minimum atomic E-state index is -3.48. The van der Waals surface area contributed by atoms with Gasteiger partial charge < -0.3 is 4.90 Å². The number of nitrogens with zero attached hydrogens (tertiary/aromatic N) is 2. The molecule has 0 unspecified atom stereocenters. The van der Waals surface area contributed by atoms with Gasteiger partial charge in [-0.3, -0.25) is 4.79 Å². The van der Waals surface area contributed by atoms with Crippen LogP contribution < -0.4 is 0 Å². The average Bonchev–Trinajstić information content (AvgIpc) is 2.45. The summed E-state index contributed by atoms with van der Waals surface area (Å²) in [6.45, 7) is 11.3. The van der Waals surface area contributed by atoms with Gasteiger partial charge in [0.1, 0.15) is 0 Å². The molecular weight excluding hydrogens is 312 g/mol. The second-order valence-electron chi connectivity index (χ2n) is 6.84. The summed E-state index contributed by atoms with van der Waals surface area (Å²) >= 11 is 0. The molecule has 0 bridgehead atoms. The Balaban J connectivity index is 2.99. The van der Waals surface area contributed by atoms with Gasteiger partial charge in [-0.2, -0.15) is 4.31 Å². The molecular formula is C17H28N2O3S. The summed E-state index contributed by atoms with van der Waals surface area (Å²) in [6.07, 6.45) is 0. The zero-order valence-corrected chi connectivity index (χ0v) is 15.8. The lowest BCUT2D eigenvalue weighted by molar-refractivity contribution is 0.0745. The van der Waals surface area contributed by atoms with Gasteiger partial charge in [0.05, 0.1) is 4.90 Å². The van der Waals surface area contributed by atoms with Gasteiger partial charge in [0, 0.05) is 32.2 Å². The molecule has 0 heterocycles. The fourth-order valence-corrected chi connectivity index (χ4v) is 3.94. The predicted molar refractivity (Wildman–Crippen MR) is 93.0 cm³/mol. The highest BCUT2D eigenvalue weighted by atomic mass is 32.2. The highest BCUT2D eigenvalue weighted by Gasteiger charge is 2.23. The van der Waals surface area contributed by atoms with E-state index < -0.39 is 10.0 Å². The first-order valence-corrected chi connectivity index (χ1v) is 9.32. The normalized spacial score (nSPS) is 12.5. The summed E-state index contributed by atoms with van der Waals surface area (Å²) in [6, 6.07) is 6.17. The number of carbonyl (C=O) groups is 1. The first-order valence-electron chi connectivity index (χ1n) is 7.88. The van der Waals surface area contributed by atoms with Crippen molar-refractivity contribution in [1.82, 2.24) is 9.21 Å². The predicted octanol–water partition coefficient (Wildman–Crippen LogP) is 2.84. The number of hydrogen-bond acceptors (Lipinski definition) is 3. The van der Waals surface area contributed by atoms with Crippen molar-refractivity contribution < 1.29 is 13.2 Å². The maximum atomic E-state index is 12.4. The molecule has 1 amide bonds. The van der Waals surface area contributed by atoms with E-state index in [9.17, 15) is 13.2 Å². The Morgan fingerprint density at radius 2 is 1.52 bits per heavy atom. The van der Waals surface area contributed by atoms with E-state index in [1.165, 1.54) is 16.4 Å². The van der Waals surface area contributed by atoms with Crippen molar-refractivity contribution in [3.8, 4) is 0 Å². The molecule has 0 aromatic heterocycles. The highest BCUT2D eigenvalue weighted by Crippen LogP contribution is 2.19. The minimum Gasteiger partial charge on any atom is -0.341 e. The van der Waals surface area contributed by atoms with Gasteiger partial charge in [0.15, 0.2) is 0 Å². The zero-order valence-electron chi connectivity index (χ0n) is 15.0. The van der Waals surface area contributed by atoms with Crippen molar-refractivity contribution in [2.45, 2.75) is 39.5 Å². The Bertz CT molecular complexity index is 627. The third-order valence-electron chi connectivity index (χ3n) is 3.50. The molecule has 1 aromatic rings. The van der Waals surface area contributed by atoms with Crippen molar-refractivity contribution in [1.29, 1.82) is 0 Å². The fraction of sp³-hybridized carbons (Fsp3) is 0.588. The van der Waals surface area contributed by atoms with Crippen LogP contribution in [0, 0.1) is 5.41 Å². The average molecular weight is 340 g/mol. The number of carbonyl (C=O) groups excluding carboxylic acids is 1. The third-order valence-corrected chi connectivity index (χ3v) is 5.57. The molecule has 0 radical (unpaired) electrons. The van der Waals surface area contributed by atoms with Gasteiger partial charge in [0.2, 0.25) is 10.0 Å². The van der Waals surface area contributed by atoms with Crippen molar-refractivity contribution >= 4 is 15.9 Å². The molecule has 0 fully saturated rings. The number of benzene rings is 1. The number of hydrogen-bond donors (Lipinski definition) is 0. The van der Waals surface area contributed by atoms with Crippen molar-refractivity contribution in [2.75, 3.05) is 26.7 Å². The largest absolute Gasteiger partial charge is 0.341 e. The minimum absolute atomic E-state index is 0.0104. The monoisotopic (exact) mass is 340 g/mol. The highest BCUT2D eigenvalue weighted by molar-refractivity contribution is 7.89. The molecule has 0 spiro atoms. The Labute approximate surface area is 140 Å². The third kappa shape index (κ3) is 5.04. The summed E-state index contributed by atoms with van der Waals surface area (Å²) in [5, 5.41) is 0. The molecule has 0 saturated carbocycles. The van der Waals surface area contributed by atoms with Crippen LogP contribution in [0.25, 0.3) is 0 Å². The van der Waals surface area contributed by atoms with E-state index in [2.05, 4.69) is 20.8 Å². The summed E-state index contributed by atoms with van der Waals surface area (Å²) < 4.78 is 26.3. The molecule has 130 valence electrons. The van der Waals surface area contributed by atoms with Crippen LogP contribution >= 0.6 is 0 Å². The molecule has 0 aliphatic rings. The first-order chi connectivity index (χ1) is 10.5. The van der Waals surface area contributed by atoms with E-state index in [0.717, 1.165) is 0 Å². The van der Waals surface area contributed by atoms with Gasteiger partial charge in [-0.05, 0) is 29.7 Å². The zero-order chi connectivity index (χ0) is 17.8. The van der Waals surface area contributed by atoms with E-state index in [1.807, 2.05) is 0 Å². The van der Waals surface area contributed by atoms with Crippen LogP contribution in [-0.4, -0.2) is 50.2 Å². The molecule has 0 saturated heterocycles. The second kappa shape index (κ2) is 7.45. The molecule has 0 N–H and O–H groups in total. The van der Waals surface area contributed by atoms with Crippen LogP contribution in [0.3, 0.4) is 0 Å². The van der Waals surface area contributed by atoms with Crippen LogP contribution in [0.1, 0.15) is 45.0 Å².